The van der Waals surface area contributed by atoms with Gasteiger partial charge in [0.1, 0.15) is 17.3 Å². The summed E-state index contributed by atoms with van der Waals surface area (Å²) in [6.45, 7) is 6.50. The van der Waals surface area contributed by atoms with Gasteiger partial charge in [0.2, 0.25) is 0 Å². The lowest BCUT2D eigenvalue weighted by Gasteiger charge is -2.05. The average molecular weight is 439 g/mol. The monoisotopic (exact) mass is 438 g/mol. The van der Waals surface area contributed by atoms with E-state index in [9.17, 15) is 4.79 Å². The summed E-state index contributed by atoms with van der Waals surface area (Å²) in [7, 11) is 1.63. The quantitative estimate of drug-likeness (QED) is 0.484. The number of hydrogen-bond acceptors (Lipinski definition) is 7. The van der Waals surface area contributed by atoms with E-state index >= 15 is 0 Å². The number of thiazole rings is 1. The highest BCUT2D eigenvalue weighted by molar-refractivity contribution is 7.14. The smallest absolute Gasteiger partial charge is 0.345 e. The van der Waals surface area contributed by atoms with E-state index in [4.69, 9.17) is 13.9 Å². The van der Waals surface area contributed by atoms with Crippen molar-refractivity contribution in [2.75, 3.05) is 19.0 Å². The minimum Gasteiger partial charge on any atom is -0.498 e. The molecular formula is C24H26N2O4S. The molecule has 0 unspecified atom stereocenters. The first kappa shape index (κ1) is 22.4. The molecule has 0 amide bonds. The Balaban J connectivity index is 0.00000132. The van der Waals surface area contributed by atoms with Gasteiger partial charge in [-0.1, -0.05) is 26.0 Å². The molecule has 0 spiro atoms. The van der Waals surface area contributed by atoms with E-state index in [0.717, 1.165) is 22.8 Å². The van der Waals surface area contributed by atoms with E-state index in [1.54, 1.807) is 13.2 Å². The third kappa shape index (κ3) is 5.44. The highest BCUT2D eigenvalue weighted by Crippen LogP contribution is 2.29. The maximum atomic E-state index is 12.6. The molecule has 2 aromatic heterocycles. The van der Waals surface area contributed by atoms with Crippen LogP contribution in [0.2, 0.25) is 0 Å². The van der Waals surface area contributed by atoms with Crippen molar-refractivity contribution < 1.29 is 13.9 Å². The van der Waals surface area contributed by atoms with Crippen molar-refractivity contribution in [3.05, 3.63) is 69.3 Å². The van der Waals surface area contributed by atoms with Gasteiger partial charge in [-0.25, -0.2) is 9.78 Å². The molecule has 162 valence electrons. The molecule has 3 aromatic rings. The number of ether oxygens (including phenoxy) is 2. The Hall–Kier alpha value is -3.32. The summed E-state index contributed by atoms with van der Waals surface area (Å²) in [6, 6.07) is 9.37. The molecule has 4 rings (SSSR count). The molecule has 0 aliphatic heterocycles. The van der Waals surface area contributed by atoms with Crippen molar-refractivity contribution in [1.82, 2.24) is 4.98 Å². The molecule has 7 heteroatoms. The van der Waals surface area contributed by atoms with Crippen LogP contribution < -0.4 is 15.7 Å². The van der Waals surface area contributed by atoms with Crippen LogP contribution in [0.15, 0.2) is 56.8 Å². The molecular weight excluding hydrogens is 412 g/mol. The molecule has 1 aromatic carbocycles. The Morgan fingerprint density at radius 1 is 1.23 bits per heavy atom. The Kier molecular flexibility index (Phi) is 7.67. The molecule has 1 aliphatic rings. The predicted molar refractivity (Wildman–Crippen MR) is 127 cm³/mol. The summed E-state index contributed by atoms with van der Waals surface area (Å²) in [4.78, 5) is 17.1. The highest BCUT2D eigenvalue weighted by Gasteiger charge is 2.15. The van der Waals surface area contributed by atoms with Gasteiger partial charge < -0.3 is 19.2 Å². The van der Waals surface area contributed by atoms with Crippen LogP contribution in [0, 0.1) is 0 Å². The summed E-state index contributed by atoms with van der Waals surface area (Å²) in [5.74, 6) is 2.06. The normalized spacial score (nSPS) is 12.1. The van der Waals surface area contributed by atoms with Gasteiger partial charge in [-0.3, -0.25) is 0 Å². The first-order chi connectivity index (χ1) is 15.2. The fourth-order valence-corrected chi connectivity index (χ4v) is 3.70. The second kappa shape index (κ2) is 10.6. The summed E-state index contributed by atoms with van der Waals surface area (Å²) in [5.41, 5.74) is 2.30. The van der Waals surface area contributed by atoms with E-state index < -0.39 is 5.63 Å². The minimum absolute atomic E-state index is 0.424. The minimum atomic E-state index is -0.424. The largest absolute Gasteiger partial charge is 0.498 e. The van der Waals surface area contributed by atoms with E-state index in [0.29, 0.717) is 35.2 Å². The zero-order chi connectivity index (χ0) is 22.2. The number of benzene rings is 1. The maximum Gasteiger partial charge on any atom is 0.345 e. The Morgan fingerprint density at radius 3 is 2.71 bits per heavy atom. The average Bonchev–Trinajstić information content (AvgIpc) is 3.16. The zero-order valence-electron chi connectivity index (χ0n) is 18.1. The van der Waals surface area contributed by atoms with Crippen molar-refractivity contribution in [2.45, 2.75) is 27.2 Å². The first-order valence-corrected chi connectivity index (χ1v) is 11.1. The third-order valence-corrected chi connectivity index (χ3v) is 5.12. The molecule has 1 aliphatic carbocycles. The van der Waals surface area contributed by atoms with E-state index in [1.165, 1.54) is 11.3 Å². The van der Waals surface area contributed by atoms with Crippen molar-refractivity contribution in [3.63, 3.8) is 0 Å². The molecule has 0 saturated heterocycles. The van der Waals surface area contributed by atoms with E-state index in [1.807, 2.05) is 68.6 Å². The standard InChI is InChI=1S/C22H20N2O4S.C2H6/c1-3-27-17-6-4-5-14-11-18(21(25)28-20(14)12-17)19-13-29-22(24-19)23-15-7-9-16(26-2)10-8-15;1-2/h4-5,7-13H,3,6H2,1-2H3,(H,23,24);1-2H3. The molecule has 0 fully saturated rings. The van der Waals surface area contributed by atoms with Gasteiger partial charge in [-0.05, 0) is 37.3 Å². The zero-order valence-corrected chi connectivity index (χ0v) is 18.9. The van der Waals surface area contributed by atoms with Crippen LogP contribution in [0.1, 0.15) is 38.5 Å². The van der Waals surface area contributed by atoms with Gasteiger partial charge in [0.05, 0.1) is 25.0 Å². The molecule has 0 atom stereocenters. The maximum absolute atomic E-state index is 12.6. The Morgan fingerprint density at radius 2 is 2.00 bits per heavy atom. The van der Waals surface area contributed by atoms with Crippen LogP contribution in [0.3, 0.4) is 0 Å². The number of methoxy groups -OCH3 is 1. The summed E-state index contributed by atoms with van der Waals surface area (Å²) in [5, 5.41) is 5.76. The number of allylic oxidation sites excluding steroid dienone is 1. The van der Waals surface area contributed by atoms with Crippen LogP contribution in [0.5, 0.6) is 5.75 Å². The number of anilines is 2. The van der Waals surface area contributed by atoms with Crippen molar-refractivity contribution in [2.24, 2.45) is 0 Å². The first-order valence-electron chi connectivity index (χ1n) is 10.2. The third-order valence-electron chi connectivity index (χ3n) is 4.37. The van der Waals surface area contributed by atoms with Gasteiger partial charge in [-0.15, -0.1) is 11.3 Å². The summed E-state index contributed by atoms with van der Waals surface area (Å²) >= 11 is 1.42. The van der Waals surface area contributed by atoms with Gasteiger partial charge in [0.15, 0.2) is 5.13 Å². The van der Waals surface area contributed by atoms with Crippen LogP contribution in [-0.4, -0.2) is 18.7 Å². The molecule has 6 nitrogen and oxygen atoms in total. The molecule has 2 heterocycles. The molecule has 1 N–H and O–H groups in total. The van der Waals surface area contributed by atoms with Crippen LogP contribution in [-0.2, 0) is 4.74 Å². The number of fused-ring (bicyclic) bond motifs is 1. The van der Waals surface area contributed by atoms with Crippen molar-refractivity contribution in [3.8, 4) is 17.0 Å². The number of aromatic nitrogens is 1. The summed E-state index contributed by atoms with van der Waals surface area (Å²) in [6.07, 6.45) is 6.37. The molecule has 31 heavy (non-hydrogen) atoms. The van der Waals surface area contributed by atoms with Crippen molar-refractivity contribution in [1.29, 1.82) is 0 Å². The second-order valence-corrected chi connectivity index (χ2v) is 7.17. The molecule has 0 saturated carbocycles. The van der Waals surface area contributed by atoms with Gasteiger partial charge in [0, 0.05) is 29.1 Å². The SMILES string of the molecule is CC.CCOC1=Cc2oc(=O)c(-c3csc(Nc4ccc(OC)cc4)n3)cc2C=CC1. The van der Waals surface area contributed by atoms with Gasteiger partial charge in [-0.2, -0.15) is 0 Å². The second-order valence-electron chi connectivity index (χ2n) is 6.31. The van der Waals surface area contributed by atoms with Crippen LogP contribution in [0.25, 0.3) is 23.4 Å². The fourth-order valence-electron chi connectivity index (χ4n) is 2.97. The predicted octanol–water partition coefficient (Wildman–Crippen LogP) is 6.34. The number of hydrogen-bond donors (Lipinski definition) is 1. The van der Waals surface area contributed by atoms with Crippen LogP contribution >= 0.6 is 11.3 Å². The van der Waals surface area contributed by atoms with E-state index in [-0.39, 0.29) is 0 Å². The molecule has 0 radical (unpaired) electrons. The topological polar surface area (TPSA) is 73.6 Å². The lowest BCUT2D eigenvalue weighted by Crippen LogP contribution is -2.05. The number of nitrogens with zero attached hydrogens (tertiary/aromatic N) is 1. The van der Waals surface area contributed by atoms with Crippen LogP contribution in [0.4, 0.5) is 10.8 Å². The highest BCUT2D eigenvalue weighted by atomic mass is 32.1. The number of rotatable bonds is 6. The van der Waals surface area contributed by atoms with E-state index in [2.05, 4.69) is 10.3 Å². The van der Waals surface area contributed by atoms with Gasteiger partial charge in [0.25, 0.3) is 0 Å². The van der Waals surface area contributed by atoms with Gasteiger partial charge >= 0.3 is 5.63 Å². The summed E-state index contributed by atoms with van der Waals surface area (Å²) < 4.78 is 16.3. The Labute approximate surface area is 185 Å². The lowest BCUT2D eigenvalue weighted by molar-refractivity contribution is 0.227. The molecule has 0 bridgehead atoms. The number of nitrogens with one attached hydrogen (secondary N) is 1. The fraction of sp³-hybridized carbons (Fsp3) is 0.250. The lowest BCUT2D eigenvalue weighted by atomic mass is 10.1. The van der Waals surface area contributed by atoms with Crippen molar-refractivity contribution >= 4 is 34.3 Å². The Bertz CT molecular complexity index is 1130.